The van der Waals surface area contributed by atoms with Crippen molar-refractivity contribution in [1.82, 2.24) is 0 Å². The molecule has 0 saturated carbocycles. The minimum atomic E-state index is -0.128. The predicted molar refractivity (Wildman–Crippen MR) is 82.6 cm³/mol. The maximum atomic E-state index is 12.2. The van der Waals surface area contributed by atoms with E-state index in [0.717, 1.165) is 15.6 Å². The van der Waals surface area contributed by atoms with Crippen molar-refractivity contribution < 1.29 is 9.90 Å². The number of carbonyl (C=O) groups excluding carboxylic acids is 1. The molecule has 0 atom stereocenters. The number of hydrogen-bond acceptors (Lipinski definition) is 3. The molecule has 2 aromatic carbocycles. The fourth-order valence-corrected chi connectivity index (χ4v) is 2.98. The number of amides is 1. The summed E-state index contributed by atoms with van der Waals surface area (Å²) in [5.74, 6) is 0.0983. The van der Waals surface area contributed by atoms with E-state index in [1.165, 1.54) is 11.3 Å². The molecular weight excluding hydrogens is 270 g/mol. The summed E-state index contributed by atoms with van der Waals surface area (Å²) in [5.41, 5.74) is 1.42. The highest BCUT2D eigenvalue weighted by molar-refractivity contribution is 7.20. The Morgan fingerprint density at radius 3 is 2.70 bits per heavy atom. The molecule has 0 saturated heterocycles. The number of anilines is 1. The summed E-state index contributed by atoms with van der Waals surface area (Å²) in [5, 5.41) is 13.4. The summed E-state index contributed by atoms with van der Waals surface area (Å²) in [6.45, 7) is 1.80. The number of hydrogen-bond donors (Lipinski definition) is 2. The highest BCUT2D eigenvalue weighted by atomic mass is 32.1. The van der Waals surface area contributed by atoms with Gasteiger partial charge in [0.1, 0.15) is 5.75 Å². The molecule has 0 spiro atoms. The third kappa shape index (κ3) is 2.38. The average molecular weight is 283 g/mol. The van der Waals surface area contributed by atoms with Crippen LogP contribution in [-0.4, -0.2) is 11.0 Å². The van der Waals surface area contributed by atoms with Crippen molar-refractivity contribution in [3.8, 4) is 5.75 Å². The second-order valence-corrected chi connectivity index (χ2v) is 5.69. The first-order valence-corrected chi connectivity index (χ1v) is 7.05. The molecule has 20 heavy (non-hydrogen) atoms. The summed E-state index contributed by atoms with van der Waals surface area (Å²) >= 11 is 1.47. The summed E-state index contributed by atoms with van der Waals surface area (Å²) in [6, 6.07) is 14.8. The van der Waals surface area contributed by atoms with E-state index in [4.69, 9.17) is 0 Å². The lowest BCUT2D eigenvalue weighted by Crippen LogP contribution is -2.09. The van der Waals surface area contributed by atoms with Gasteiger partial charge in [0.05, 0.1) is 4.88 Å². The van der Waals surface area contributed by atoms with Crippen molar-refractivity contribution in [1.29, 1.82) is 0 Å². The van der Waals surface area contributed by atoms with Gasteiger partial charge in [-0.25, -0.2) is 0 Å². The number of aryl methyl sites for hydroxylation is 1. The van der Waals surface area contributed by atoms with E-state index in [0.29, 0.717) is 10.6 Å². The van der Waals surface area contributed by atoms with Crippen LogP contribution in [0.3, 0.4) is 0 Å². The lowest BCUT2D eigenvalue weighted by molar-refractivity contribution is 0.103. The van der Waals surface area contributed by atoms with E-state index in [9.17, 15) is 9.90 Å². The van der Waals surface area contributed by atoms with Crippen LogP contribution in [0.2, 0.25) is 0 Å². The van der Waals surface area contributed by atoms with Crippen LogP contribution in [0.4, 0.5) is 5.69 Å². The predicted octanol–water partition coefficient (Wildman–Crippen LogP) is 4.17. The van der Waals surface area contributed by atoms with Crippen LogP contribution in [0, 0.1) is 6.92 Å². The highest BCUT2D eigenvalue weighted by Gasteiger charge is 2.10. The zero-order valence-electron chi connectivity index (χ0n) is 10.9. The fraction of sp³-hybridized carbons (Fsp3) is 0.0625. The van der Waals surface area contributed by atoms with E-state index in [-0.39, 0.29) is 11.7 Å². The Morgan fingerprint density at radius 1 is 1.15 bits per heavy atom. The lowest BCUT2D eigenvalue weighted by atomic mass is 10.2. The number of rotatable bonds is 2. The third-order valence-electron chi connectivity index (χ3n) is 3.10. The molecule has 0 fully saturated rings. The molecule has 0 radical (unpaired) electrons. The molecule has 3 rings (SSSR count). The van der Waals surface area contributed by atoms with Crippen LogP contribution in [0.15, 0.2) is 48.5 Å². The molecule has 100 valence electrons. The molecule has 0 unspecified atom stereocenters. The third-order valence-corrected chi connectivity index (χ3v) is 4.22. The minimum Gasteiger partial charge on any atom is -0.508 e. The van der Waals surface area contributed by atoms with E-state index < -0.39 is 0 Å². The Hall–Kier alpha value is -2.33. The van der Waals surface area contributed by atoms with Gasteiger partial charge in [-0.3, -0.25) is 4.79 Å². The van der Waals surface area contributed by atoms with Gasteiger partial charge in [-0.2, -0.15) is 0 Å². The number of phenolic OH excluding ortho intramolecular Hbond substituents is 1. The average Bonchev–Trinajstić information content (AvgIpc) is 2.87. The van der Waals surface area contributed by atoms with E-state index in [2.05, 4.69) is 5.32 Å². The largest absolute Gasteiger partial charge is 0.508 e. The molecular formula is C16H13NO2S. The molecule has 1 amide bonds. The van der Waals surface area contributed by atoms with Crippen LogP contribution >= 0.6 is 11.3 Å². The van der Waals surface area contributed by atoms with Gasteiger partial charge in [-0.1, -0.05) is 18.2 Å². The number of benzene rings is 2. The number of fused-ring (bicyclic) bond motifs is 1. The van der Waals surface area contributed by atoms with Gasteiger partial charge >= 0.3 is 0 Å². The van der Waals surface area contributed by atoms with Crippen molar-refractivity contribution in [2.45, 2.75) is 6.92 Å². The molecule has 0 aliphatic heterocycles. The molecule has 0 bridgehead atoms. The van der Waals surface area contributed by atoms with Crippen LogP contribution < -0.4 is 5.32 Å². The van der Waals surface area contributed by atoms with Gasteiger partial charge in [0.25, 0.3) is 5.91 Å². The number of nitrogens with one attached hydrogen (secondary N) is 1. The number of aromatic hydroxyl groups is 1. The van der Waals surface area contributed by atoms with Crippen molar-refractivity contribution in [2.75, 3.05) is 5.32 Å². The van der Waals surface area contributed by atoms with Crippen LogP contribution in [-0.2, 0) is 0 Å². The van der Waals surface area contributed by atoms with Gasteiger partial charge < -0.3 is 10.4 Å². The molecule has 1 heterocycles. The number of carbonyl (C=O) groups is 1. The summed E-state index contributed by atoms with van der Waals surface area (Å²) in [6.07, 6.45) is 0. The van der Waals surface area contributed by atoms with E-state index in [1.807, 2.05) is 30.3 Å². The van der Waals surface area contributed by atoms with E-state index in [1.54, 1.807) is 25.1 Å². The summed E-state index contributed by atoms with van der Waals surface area (Å²) in [4.78, 5) is 12.9. The van der Waals surface area contributed by atoms with E-state index >= 15 is 0 Å². The Morgan fingerprint density at radius 2 is 1.95 bits per heavy atom. The summed E-state index contributed by atoms with van der Waals surface area (Å²) < 4.78 is 1.10. The van der Waals surface area contributed by atoms with Crippen molar-refractivity contribution in [3.05, 3.63) is 59.0 Å². The fourth-order valence-electron chi connectivity index (χ4n) is 2.02. The normalized spacial score (nSPS) is 10.7. The van der Waals surface area contributed by atoms with Gasteiger partial charge in [-0.15, -0.1) is 11.3 Å². The summed E-state index contributed by atoms with van der Waals surface area (Å²) in [7, 11) is 0. The maximum Gasteiger partial charge on any atom is 0.265 e. The van der Waals surface area contributed by atoms with Gasteiger partial charge in [0, 0.05) is 10.4 Å². The monoisotopic (exact) mass is 283 g/mol. The van der Waals surface area contributed by atoms with Crippen molar-refractivity contribution >= 4 is 33.0 Å². The van der Waals surface area contributed by atoms with Gasteiger partial charge in [0.15, 0.2) is 0 Å². The Bertz CT molecular complexity index is 759. The first kappa shape index (κ1) is 12.7. The molecule has 2 N–H and O–H groups in total. The molecule has 0 aliphatic rings. The molecule has 0 aliphatic carbocycles. The number of thiophene rings is 1. The molecule has 1 aromatic heterocycles. The molecule has 4 heteroatoms. The van der Waals surface area contributed by atoms with Gasteiger partial charge in [0.2, 0.25) is 0 Å². The van der Waals surface area contributed by atoms with Crippen LogP contribution in [0.5, 0.6) is 5.75 Å². The van der Waals surface area contributed by atoms with Crippen LogP contribution in [0.1, 0.15) is 15.2 Å². The second kappa shape index (κ2) is 4.98. The first-order chi connectivity index (χ1) is 9.63. The lowest BCUT2D eigenvalue weighted by Gasteiger charge is -2.05. The first-order valence-electron chi connectivity index (χ1n) is 6.23. The van der Waals surface area contributed by atoms with Crippen molar-refractivity contribution in [3.63, 3.8) is 0 Å². The van der Waals surface area contributed by atoms with Gasteiger partial charge in [-0.05, 0) is 48.2 Å². The Balaban J connectivity index is 1.86. The quantitative estimate of drug-likeness (QED) is 0.693. The number of phenols is 1. The smallest absolute Gasteiger partial charge is 0.265 e. The zero-order valence-corrected chi connectivity index (χ0v) is 11.7. The Kier molecular flexibility index (Phi) is 3.16. The Labute approximate surface area is 120 Å². The molecule has 3 aromatic rings. The van der Waals surface area contributed by atoms with Crippen LogP contribution in [0.25, 0.3) is 10.1 Å². The maximum absolute atomic E-state index is 12.2. The SMILES string of the molecule is Cc1cc(NC(=O)c2cc3ccccc3s2)ccc1O. The molecule has 3 nitrogen and oxygen atoms in total. The minimum absolute atomic E-state index is 0.128. The highest BCUT2D eigenvalue weighted by Crippen LogP contribution is 2.26. The topological polar surface area (TPSA) is 49.3 Å². The zero-order chi connectivity index (χ0) is 14.1. The second-order valence-electron chi connectivity index (χ2n) is 4.60. The standard InChI is InChI=1S/C16H13NO2S/c1-10-8-12(6-7-13(10)18)17-16(19)15-9-11-4-2-3-5-14(11)20-15/h2-9,18H,1H3,(H,17,19). The van der Waals surface area contributed by atoms with Crippen molar-refractivity contribution in [2.24, 2.45) is 0 Å².